The van der Waals surface area contributed by atoms with Crippen LogP contribution in [0.3, 0.4) is 0 Å². The molecule has 6 heteroatoms. The third-order valence-electron chi connectivity index (χ3n) is 2.29. The minimum absolute atomic E-state index is 0.401. The van der Waals surface area contributed by atoms with Crippen molar-refractivity contribution in [1.29, 1.82) is 0 Å². The molecule has 2 rings (SSSR count). The number of carboxylic acids is 1. The van der Waals surface area contributed by atoms with E-state index in [0.29, 0.717) is 15.1 Å². The van der Waals surface area contributed by atoms with E-state index in [1.807, 2.05) is 12.1 Å². The molecule has 0 saturated heterocycles. The Kier molecular flexibility index (Phi) is 4.53. The van der Waals surface area contributed by atoms with Crippen LogP contribution < -0.4 is 0 Å². The van der Waals surface area contributed by atoms with Gasteiger partial charge in [0.25, 0.3) is 0 Å². The van der Waals surface area contributed by atoms with Crippen LogP contribution in [-0.4, -0.2) is 11.1 Å². The van der Waals surface area contributed by atoms with E-state index in [-0.39, 0.29) is 0 Å². The molecule has 1 aromatic heterocycles. The summed E-state index contributed by atoms with van der Waals surface area (Å²) < 4.78 is 0. The van der Waals surface area contributed by atoms with Crippen LogP contribution in [-0.2, 0) is 4.79 Å². The van der Waals surface area contributed by atoms with E-state index in [0.717, 1.165) is 21.4 Å². The molecule has 0 spiro atoms. The molecular formula is C13H7Cl3O2S. The predicted molar refractivity (Wildman–Crippen MR) is 81.5 cm³/mol. The molecule has 0 amide bonds. The van der Waals surface area contributed by atoms with Crippen LogP contribution in [0.4, 0.5) is 0 Å². The summed E-state index contributed by atoms with van der Waals surface area (Å²) >= 11 is 19.4. The molecule has 98 valence electrons. The number of carboxylic acid groups (broad SMARTS) is 1. The van der Waals surface area contributed by atoms with Gasteiger partial charge in [-0.3, -0.25) is 0 Å². The first-order valence-corrected chi connectivity index (χ1v) is 7.08. The molecule has 1 heterocycles. The highest BCUT2D eigenvalue weighted by molar-refractivity contribution is 7.16. The van der Waals surface area contributed by atoms with Gasteiger partial charge in [-0.05, 0) is 30.3 Å². The Balaban J connectivity index is 2.38. The zero-order chi connectivity index (χ0) is 14.0. The van der Waals surface area contributed by atoms with Gasteiger partial charge < -0.3 is 5.11 Å². The van der Waals surface area contributed by atoms with Crippen molar-refractivity contribution in [2.75, 3.05) is 0 Å². The zero-order valence-electron chi connectivity index (χ0n) is 9.36. The molecule has 1 N–H and O–H groups in total. The first-order valence-electron chi connectivity index (χ1n) is 5.13. The number of benzene rings is 1. The number of carbonyl (C=O) groups is 1. The Bertz CT molecular complexity index is 662. The van der Waals surface area contributed by atoms with Crippen molar-refractivity contribution in [2.45, 2.75) is 0 Å². The number of thiophene rings is 1. The van der Waals surface area contributed by atoms with E-state index in [2.05, 4.69) is 0 Å². The topological polar surface area (TPSA) is 37.3 Å². The number of aliphatic carboxylic acids is 1. The highest BCUT2D eigenvalue weighted by atomic mass is 35.5. The fourth-order valence-corrected chi connectivity index (χ4v) is 3.10. The quantitative estimate of drug-likeness (QED) is 0.597. The maximum Gasteiger partial charge on any atom is 0.328 e. The Labute approximate surface area is 128 Å². The van der Waals surface area contributed by atoms with E-state index in [4.69, 9.17) is 39.9 Å². The van der Waals surface area contributed by atoms with Crippen molar-refractivity contribution < 1.29 is 9.90 Å². The second-order valence-corrected chi connectivity index (χ2v) is 5.96. The van der Waals surface area contributed by atoms with E-state index in [1.165, 1.54) is 17.4 Å². The normalized spacial score (nSPS) is 11.1. The summed E-state index contributed by atoms with van der Waals surface area (Å²) in [6.45, 7) is 0. The second-order valence-electron chi connectivity index (χ2n) is 3.62. The van der Waals surface area contributed by atoms with Crippen LogP contribution >= 0.6 is 46.1 Å². The van der Waals surface area contributed by atoms with Crippen LogP contribution in [0.2, 0.25) is 15.1 Å². The van der Waals surface area contributed by atoms with Gasteiger partial charge in [0.05, 0.1) is 15.1 Å². The molecule has 0 radical (unpaired) electrons. The standard InChI is InChI=1S/C13H7Cl3O2S/c14-9-6-11(16)10(15)5-8(9)12-3-1-7(19-12)2-4-13(17)18/h1-6H,(H,17,18)/b4-2+. The van der Waals surface area contributed by atoms with Gasteiger partial charge in [0.15, 0.2) is 0 Å². The first kappa shape index (κ1) is 14.4. The minimum Gasteiger partial charge on any atom is -0.478 e. The third kappa shape index (κ3) is 3.51. The smallest absolute Gasteiger partial charge is 0.328 e. The van der Waals surface area contributed by atoms with Gasteiger partial charge in [0.2, 0.25) is 0 Å². The van der Waals surface area contributed by atoms with E-state index >= 15 is 0 Å². The summed E-state index contributed by atoms with van der Waals surface area (Å²) in [4.78, 5) is 12.2. The summed E-state index contributed by atoms with van der Waals surface area (Å²) in [7, 11) is 0. The molecule has 0 bridgehead atoms. The molecule has 0 saturated carbocycles. The predicted octanol–water partition coefficient (Wildman–Crippen LogP) is 5.47. The van der Waals surface area contributed by atoms with Gasteiger partial charge in [-0.1, -0.05) is 34.8 Å². The minimum atomic E-state index is -0.984. The molecule has 19 heavy (non-hydrogen) atoms. The Morgan fingerprint density at radius 3 is 2.47 bits per heavy atom. The summed E-state index contributed by atoms with van der Waals surface area (Å²) in [6, 6.07) is 6.96. The van der Waals surface area contributed by atoms with Crippen LogP contribution in [0, 0.1) is 0 Å². The lowest BCUT2D eigenvalue weighted by Gasteiger charge is -2.03. The van der Waals surface area contributed by atoms with Crippen LogP contribution in [0.25, 0.3) is 16.5 Å². The monoisotopic (exact) mass is 332 g/mol. The van der Waals surface area contributed by atoms with E-state index < -0.39 is 5.97 Å². The number of hydrogen-bond acceptors (Lipinski definition) is 2. The highest BCUT2D eigenvalue weighted by Crippen LogP contribution is 2.38. The van der Waals surface area contributed by atoms with Gasteiger partial charge >= 0.3 is 5.97 Å². The van der Waals surface area contributed by atoms with Gasteiger partial charge in [0, 0.05) is 21.4 Å². The lowest BCUT2D eigenvalue weighted by Crippen LogP contribution is -1.84. The maximum absolute atomic E-state index is 10.5. The SMILES string of the molecule is O=C(O)/C=C/c1ccc(-c2cc(Cl)c(Cl)cc2Cl)s1. The zero-order valence-corrected chi connectivity index (χ0v) is 12.4. The lowest BCUT2D eigenvalue weighted by molar-refractivity contribution is -0.131. The van der Waals surface area contributed by atoms with Gasteiger partial charge in [0.1, 0.15) is 0 Å². The van der Waals surface area contributed by atoms with Gasteiger partial charge in [-0.15, -0.1) is 11.3 Å². The van der Waals surface area contributed by atoms with Crippen molar-refractivity contribution in [1.82, 2.24) is 0 Å². The average molecular weight is 334 g/mol. The van der Waals surface area contributed by atoms with E-state index in [1.54, 1.807) is 12.1 Å². The molecule has 0 aliphatic carbocycles. The molecule has 0 atom stereocenters. The van der Waals surface area contributed by atoms with Crippen LogP contribution in [0.1, 0.15) is 4.88 Å². The fourth-order valence-electron chi connectivity index (χ4n) is 1.45. The maximum atomic E-state index is 10.5. The summed E-state index contributed by atoms with van der Waals surface area (Å²) in [5.74, 6) is -0.984. The molecule has 0 fully saturated rings. The third-order valence-corrected chi connectivity index (χ3v) is 4.41. The number of halogens is 3. The van der Waals surface area contributed by atoms with Crippen LogP contribution in [0.15, 0.2) is 30.3 Å². The lowest BCUT2D eigenvalue weighted by atomic mass is 10.2. The Morgan fingerprint density at radius 2 is 1.79 bits per heavy atom. The summed E-state index contributed by atoms with van der Waals surface area (Å²) in [6.07, 6.45) is 2.62. The van der Waals surface area contributed by atoms with Crippen molar-refractivity contribution >= 4 is 58.2 Å². The van der Waals surface area contributed by atoms with Crippen molar-refractivity contribution in [3.05, 3.63) is 50.3 Å². The van der Waals surface area contributed by atoms with Crippen molar-refractivity contribution in [3.8, 4) is 10.4 Å². The molecule has 0 unspecified atom stereocenters. The number of rotatable bonds is 3. The Hall–Kier alpha value is -1.000. The average Bonchev–Trinajstić information content (AvgIpc) is 2.80. The Morgan fingerprint density at radius 1 is 1.11 bits per heavy atom. The molecule has 2 nitrogen and oxygen atoms in total. The first-order chi connectivity index (χ1) is 8.97. The van der Waals surface area contributed by atoms with Crippen molar-refractivity contribution in [2.24, 2.45) is 0 Å². The molecule has 0 aliphatic rings. The van der Waals surface area contributed by atoms with E-state index in [9.17, 15) is 4.79 Å². The largest absolute Gasteiger partial charge is 0.478 e. The van der Waals surface area contributed by atoms with Gasteiger partial charge in [-0.2, -0.15) is 0 Å². The molecule has 0 aliphatic heterocycles. The van der Waals surface area contributed by atoms with Gasteiger partial charge in [-0.25, -0.2) is 4.79 Å². The highest BCUT2D eigenvalue weighted by Gasteiger charge is 2.10. The number of hydrogen-bond donors (Lipinski definition) is 1. The summed E-state index contributed by atoms with van der Waals surface area (Å²) in [5.41, 5.74) is 0.774. The fraction of sp³-hybridized carbons (Fsp3) is 0. The second kappa shape index (κ2) is 5.97. The molecule has 1 aromatic carbocycles. The van der Waals surface area contributed by atoms with Crippen molar-refractivity contribution in [3.63, 3.8) is 0 Å². The summed E-state index contributed by atoms with van der Waals surface area (Å²) in [5, 5.41) is 9.91. The molecular weight excluding hydrogens is 327 g/mol. The molecule has 2 aromatic rings. The van der Waals surface area contributed by atoms with Crippen LogP contribution in [0.5, 0.6) is 0 Å².